The molecule has 6 heteroatoms. The average molecular weight is 410 g/mol. The van der Waals surface area contributed by atoms with Crippen LogP contribution in [0.5, 0.6) is 5.75 Å². The van der Waals surface area contributed by atoms with Crippen LogP contribution in [0, 0.1) is 0 Å². The molecule has 2 nitrogen and oxygen atoms in total. The van der Waals surface area contributed by atoms with Crippen molar-refractivity contribution in [3.63, 3.8) is 0 Å². The summed E-state index contributed by atoms with van der Waals surface area (Å²) in [6.45, 7) is 2.02. The van der Waals surface area contributed by atoms with Gasteiger partial charge in [-0.1, -0.05) is 57.7 Å². The summed E-state index contributed by atoms with van der Waals surface area (Å²) in [4.78, 5) is 0. The molecule has 0 saturated heterocycles. The van der Waals surface area contributed by atoms with E-state index in [0.717, 1.165) is 16.5 Å². The first-order valence-corrected chi connectivity index (χ1v) is 8.24. The van der Waals surface area contributed by atoms with Crippen LogP contribution in [-0.2, 0) is 0 Å². The fourth-order valence-electron chi connectivity index (χ4n) is 2.03. The summed E-state index contributed by atoms with van der Waals surface area (Å²) in [6.07, 6.45) is 0.764. The molecule has 2 aromatic carbocycles. The standard InChI is InChI=1S/C15H13BrCl3NO/c1-2-13(9-5-8(16)3-4-15(9)21)20-14-7-11(18)10(17)6-12(14)19/h3-7,13,20-21H,2H2,1H3. The van der Waals surface area contributed by atoms with E-state index in [1.54, 1.807) is 24.3 Å². The van der Waals surface area contributed by atoms with Gasteiger partial charge < -0.3 is 10.4 Å². The van der Waals surface area contributed by atoms with Crippen LogP contribution < -0.4 is 5.32 Å². The Morgan fingerprint density at radius 2 is 1.76 bits per heavy atom. The summed E-state index contributed by atoms with van der Waals surface area (Å²) in [5.41, 5.74) is 1.46. The SMILES string of the molecule is CCC(Nc1cc(Cl)c(Cl)cc1Cl)c1cc(Br)ccc1O. The number of benzene rings is 2. The Morgan fingerprint density at radius 3 is 2.43 bits per heavy atom. The van der Waals surface area contributed by atoms with E-state index >= 15 is 0 Å². The first kappa shape index (κ1) is 16.8. The molecule has 1 unspecified atom stereocenters. The second kappa shape index (κ2) is 7.10. The van der Waals surface area contributed by atoms with Crippen LogP contribution in [0.15, 0.2) is 34.8 Å². The maximum atomic E-state index is 10.0. The van der Waals surface area contributed by atoms with Gasteiger partial charge in [-0.2, -0.15) is 0 Å². The molecule has 1 atom stereocenters. The highest BCUT2D eigenvalue weighted by Gasteiger charge is 2.16. The Kier molecular flexibility index (Phi) is 5.67. The summed E-state index contributed by atoms with van der Waals surface area (Å²) in [5, 5.41) is 14.7. The molecular weight excluding hydrogens is 396 g/mol. The van der Waals surface area contributed by atoms with E-state index in [9.17, 15) is 5.11 Å². The summed E-state index contributed by atoms with van der Waals surface area (Å²) < 4.78 is 0.899. The molecule has 0 radical (unpaired) electrons. The topological polar surface area (TPSA) is 32.3 Å². The molecule has 0 fully saturated rings. The van der Waals surface area contributed by atoms with E-state index in [1.807, 2.05) is 13.0 Å². The van der Waals surface area contributed by atoms with E-state index in [1.165, 1.54) is 0 Å². The van der Waals surface area contributed by atoms with Crippen molar-refractivity contribution in [2.75, 3.05) is 5.32 Å². The molecule has 0 aliphatic rings. The maximum absolute atomic E-state index is 10.0. The third kappa shape index (κ3) is 3.98. The van der Waals surface area contributed by atoms with Gasteiger partial charge in [0.25, 0.3) is 0 Å². The molecule has 21 heavy (non-hydrogen) atoms. The van der Waals surface area contributed by atoms with E-state index in [2.05, 4.69) is 21.2 Å². The highest BCUT2D eigenvalue weighted by atomic mass is 79.9. The van der Waals surface area contributed by atoms with Crippen molar-refractivity contribution >= 4 is 56.4 Å². The molecule has 0 bridgehead atoms. The number of phenols is 1. The summed E-state index contributed by atoms with van der Waals surface area (Å²) in [6, 6.07) is 8.50. The van der Waals surface area contributed by atoms with E-state index in [0.29, 0.717) is 20.8 Å². The molecule has 0 amide bonds. The Bertz CT molecular complexity index is 664. The quantitative estimate of drug-likeness (QED) is 0.552. The zero-order valence-corrected chi connectivity index (χ0v) is 15.0. The molecule has 0 aliphatic carbocycles. The van der Waals surface area contributed by atoms with Gasteiger partial charge in [0.15, 0.2) is 0 Å². The monoisotopic (exact) mass is 407 g/mol. The Labute approximate surface area is 147 Å². The molecule has 2 N–H and O–H groups in total. The predicted octanol–water partition coefficient (Wildman–Crippen LogP) is 6.68. The minimum Gasteiger partial charge on any atom is -0.508 e. The van der Waals surface area contributed by atoms with Crippen LogP contribution in [-0.4, -0.2) is 5.11 Å². The highest BCUT2D eigenvalue weighted by Crippen LogP contribution is 2.37. The number of halogens is 4. The van der Waals surface area contributed by atoms with Crippen molar-refractivity contribution in [3.05, 3.63) is 55.4 Å². The summed E-state index contributed by atoms with van der Waals surface area (Å²) in [5.74, 6) is 0.230. The van der Waals surface area contributed by atoms with Gasteiger partial charge in [0.2, 0.25) is 0 Å². The fraction of sp³-hybridized carbons (Fsp3) is 0.200. The van der Waals surface area contributed by atoms with Gasteiger partial charge in [-0.05, 0) is 36.8 Å². The predicted molar refractivity (Wildman–Crippen MR) is 93.9 cm³/mol. The lowest BCUT2D eigenvalue weighted by Gasteiger charge is -2.21. The smallest absolute Gasteiger partial charge is 0.120 e. The zero-order chi connectivity index (χ0) is 15.6. The van der Waals surface area contributed by atoms with Gasteiger partial charge >= 0.3 is 0 Å². The van der Waals surface area contributed by atoms with Crippen molar-refractivity contribution in [2.24, 2.45) is 0 Å². The number of aromatic hydroxyl groups is 1. The van der Waals surface area contributed by atoms with Crippen LogP contribution in [0.1, 0.15) is 24.9 Å². The lowest BCUT2D eigenvalue weighted by atomic mass is 10.0. The molecule has 0 heterocycles. The Morgan fingerprint density at radius 1 is 1.10 bits per heavy atom. The lowest BCUT2D eigenvalue weighted by Crippen LogP contribution is -2.10. The minimum atomic E-state index is -0.0998. The fourth-order valence-corrected chi connectivity index (χ4v) is 3.01. The van der Waals surface area contributed by atoms with E-state index in [-0.39, 0.29) is 11.8 Å². The lowest BCUT2D eigenvalue weighted by molar-refractivity contribution is 0.462. The molecule has 0 aliphatic heterocycles. The molecule has 0 spiro atoms. The third-order valence-electron chi connectivity index (χ3n) is 3.11. The number of hydrogen-bond donors (Lipinski definition) is 2. The van der Waals surface area contributed by atoms with Crippen molar-refractivity contribution < 1.29 is 5.11 Å². The number of nitrogens with one attached hydrogen (secondary N) is 1. The van der Waals surface area contributed by atoms with Crippen LogP contribution in [0.2, 0.25) is 15.1 Å². The van der Waals surface area contributed by atoms with Gasteiger partial charge in [-0.15, -0.1) is 0 Å². The Hall–Kier alpha value is -0.610. The molecule has 0 aromatic heterocycles. The number of rotatable bonds is 4. The summed E-state index contributed by atoms with van der Waals surface area (Å²) >= 11 is 21.6. The molecular formula is C15H13BrCl3NO. The van der Waals surface area contributed by atoms with Crippen molar-refractivity contribution in [2.45, 2.75) is 19.4 Å². The van der Waals surface area contributed by atoms with Gasteiger partial charge in [-0.3, -0.25) is 0 Å². The van der Waals surface area contributed by atoms with Gasteiger partial charge in [0.05, 0.1) is 26.8 Å². The highest BCUT2D eigenvalue weighted by molar-refractivity contribution is 9.10. The second-order valence-corrected chi connectivity index (χ2v) is 6.69. The van der Waals surface area contributed by atoms with Crippen LogP contribution in [0.25, 0.3) is 0 Å². The van der Waals surface area contributed by atoms with Crippen LogP contribution >= 0.6 is 50.7 Å². The average Bonchev–Trinajstić information content (AvgIpc) is 2.44. The van der Waals surface area contributed by atoms with Crippen molar-refractivity contribution in [1.82, 2.24) is 0 Å². The zero-order valence-electron chi connectivity index (χ0n) is 11.1. The van der Waals surface area contributed by atoms with Gasteiger partial charge in [-0.25, -0.2) is 0 Å². The first-order valence-electron chi connectivity index (χ1n) is 6.31. The Balaban J connectivity index is 2.35. The summed E-state index contributed by atoms with van der Waals surface area (Å²) in [7, 11) is 0. The molecule has 2 aromatic rings. The van der Waals surface area contributed by atoms with E-state index in [4.69, 9.17) is 34.8 Å². The van der Waals surface area contributed by atoms with Gasteiger partial charge in [0.1, 0.15) is 5.75 Å². The van der Waals surface area contributed by atoms with Crippen molar-refractivity contribution in [3.8, 4) is 5.75 Å². The van der Waals surface area contributed by atoms with E-state index < -0.39 is 0 Å². The molecule has 112 valence electrons. The largest absolute Gasteiger partial charge is 0.508 e. The van der Waals surface area contributed by atoms with Crippen LogP contribution in [0.4, 0.5) is 5.69 Å². The maximum Gasteiger partial charge on any atom is 0.120 e. The third-order valence-corrected chi connectivity index (χ3v) is 4.64. The van der Waals surface area contributed by atoms with Gasteiger partial charge in [0, 0.05) is 10.0 Å². The number of anilines is 1. The molecule has 0 saturated carbocycles. The minimum absolute atomic E-state index is 0.0998. The normalized spacial score (nSPS) is 12.2. The van der Waals surface area contributed by atoms with Crippen LogP contribution in [0.3, 0.4) is 0 Å². The second-order valence-electron chi connectivity index (χ2n) is 4.55. The van der Waals surface area contributed by atoms with Crippen molar-refractivity contribution in [1.29, 1.82) is 0 Å². The number of phenolic OH excluding ortho intramolecular Hbond substituents is 1. The first-order chi connectivity index (χ1) is 9.92. The number of hydrogen-bond acceptors (Lipinski definition) is 2. The molecule has 2 rings (SSSR count).